The summed E-state index contributed by atoms with van der Waals surface area (Å²) in [5, 5.41) is 10.4. The number of anilines is 1. The van der Waals surface area contributed by atoms with E-state index in [2.05, 4.69) is 13.2 Å². The number of benzene rings is 1. The number of para-hydroxylation sites is 1. The van der Waals surface area contributed by atoms with E-state index in [1.54, 1.807) is 22.0 Å². The Bertz CT molecular complexity index is 1160. The molecule has 0 aromatic heterocycles. The summed E-state index contributed by atoms with van der Waals surface area (Å²) in [6.07, 6.45) is 10.1. The average molecular weight is 564 g/mol. The minimum absolute atomic E-state index is 0.0728. The molecule has 8 heteroatoms. The van der Waals surface area contributed by atoms with E-state index in [0.29, 0.717) is 32.4 Å². The van der Waals surface area contributed by atoms with Crippen molar-refractivity contribution in [2.24, 2.45) is 11.8 Å². The van der Waals surface area contributed by atoms with Crippen molar-refractivity contribution in [3.05, 3.63) is 55.6 Å². The predicted octanol–water partition coefficient (Wildman–Crippen LogP) is 4.09. The maximum Gasteiger partial charge on any atom is 0.248 e. The zero-order valence-electron chi connectivity index (χ0n) is 24.5. The minimum Gasteiger partial charge on any atom is -0.394 e. The van der Waals surface area contributed by atoms with Crippen LogP contribution in [-0.2, 0) is 19.1 Å². The summed E-state index contributed by atoms with van der Waals surface area (Å²) >= 11 is 0. The summed E-state index contributed by atoms with van der Waals surface area (Å²) < 4.78 is 6.87. The first-order valence-corrected chi connectivity index (χ1v) is 15.3. The Morgan fingerprint density at radius 3 is 2.39 bits per heavy atom. The van der Waals surface area contributed by atoms with Gasteiger partial charge in [0.1, 0.15) is 11.6 Å². The number of carbonyl (C=O) groups is 3. The third kappa shape index (κ3) is 4.73. The molecule has 4 fully saturated rings. The fourth-order valence-corrected chi connectivity index (χ4v) is 8.16. The normalized spacial score (nSPS) is 31.5. The van der Waals surface area contributed by atoms with Crippen LogP contribution in [0, 0.1) is 11.8 Å². The van der Waals surface area contributed by atoms with Crippen LogP contribution >= 0.6 is 0 Å². The summed E-state index contributed by atoms with van der Waals surface area (Å²) in [6.45, 7) is 12.0. The molecule has 222 valence electrons. The number of rotatable bonds is 11. The maximum atomic E-state index is 14.7. The van der Waals surface area contributed by atoms with Crippen LogP contribution in [0.1, 0.15) is 65.2 Å². The van der Waals surface area contributed by atoms with Crippen LogP contribution in [0.2, 0.25) is 0 Å². The number of nitrogens with zero attached hydrogens (tertiary/aromatic N) is 3. The van der Waals surface area contributed by atoms with Gasteiger partial charge in [0.25, 0.3) is 0 Å². The number of ether oxygens (including phenoxy) is 1. The van der Waals surface area contributed by atoms with Crippen LogP contribution in [0.4, 0.5) is 5.69 Å². The molecule has 1 aliphatic carbocycles. The number of carbonyl (C=O) groups excluding carboxylic acids is 3. The van der Waals surface area contributed by atoms with Gasteiger partial charge in [0.2, 0.25) is 17.7 Å². The SMILES string of the molecule is C=CCN(C(=O)[C@H]1[C@H]2C(=O)N([C@@H](CC)CO)C(C(=O)N(CC=C)C3CCCCC3)C23CC[C@]1(C)O3)c1ccccc1. The highest BCUT2D eigenvalue weighted by Crippen LogP contribution is 2.64. The molecule has 6 atom stereocenters. The molecular formula is C33H45N3O5. The summed E-state index contributed by atoms with van der Waals surface area (Å²) in [6, 6.07) is 8.03. The lowest BCUT2D eigenvalue weighted by Gasteiger charge is -2.42. The Hall–Kier alpha value is -2.97. The Labute approximate surface area is 244 Å². The fraction of sp³-hybridized carbons (Fsp3) is 0.606. The molecule has 3 amide bonds. The van der Waals surface area contributed by atoms with Crippen molar-refractivity contribution in [1.82, 2.24) is 9.80 Å². The van der Waals surface area contributed by atoms with Gasteiger partial charge in [0.15, 0.2) is 0 Å². The minimum atomic E-state index is -1.13. The second-order valence-electron chi connectivity index (χ2n) is 12.4. The third-order valence-corrected chi connectivity index (χ3v) is 10.1. The molecule has 1 spiro atoms. The number of aliphatic hydroxyl groups is 1. The summed E-state index contributed by atoms with van der Waals surface area (Å²) in [7, 11) is 0. The van der Waals surface area contributed by atoms with Crippen LogP contribution in [-0.4, -0.2) is 81.7 Å². The number of hydrogen-bond donors (Lipinski definition) is 1. The maximum absolute atomic E-state index is 14.7. The fourth-order valence-electron chi connectivity index (χ4n) is 8.16. The monoisotopic (exact) mass is 563 g/mol. The van der Waals surface area contributed by atoms with Crippen molar-refractivity contribution >= 4 is 23.4 Å². The predicted molar refractivity (Wildman–Crippen MR) is 158 cm³/mol. The number of hydrogen-bond acceptors (Lipinski definition) is 5. The number of likely N-dealkylation sites (tertiary alicyclic amines) is 1. The molecule has 1 saturated carbocycles. The number of amides is 3. The first-order valence-electron chi connectivity index (χ1n) is 15.3. The standard InChI is InChI=1S/C33H45N3O5/c1-5-20-34(24-14-10-8-11-15-24)29(38)26-27-30(39)36(23(7-3)22-37)28(33(27)19-18-32(26,4)41-33)31(40)35(21-6-2)25-16-12-9-13-17-25/h5-6,8,10-11,14-15,23,25-28,37H,1-2,7,9,12-13,16-22H2,3-4H3/t23-,26+,27-,28?,32-,33?/m0/s1. The van der Waals surface area contributed by atoms with E-state index in [0.717, 1.165) is 37.8 Å². The molecule has 5 rings (SSSR count). The molecule has 3 saturated heterocycles. The van der Waals surface area contributed by atoms with E-state index in [4.69, 9.17) is 4.74 Å². The summed E-state index contributed by atoms with van der Waals surface area (Å²) in [5.74, 6) is -2.18. The van der Waals surface area contributed by atoms with Crippen molar-refractivity contribution in [2.45, 2.75) is 94.5 Å². The van der Waals surface area contributed by atoms with E-state index >= 15 is 0 Å². The highest BCUT2D eigenvalue weighted by molar-refractivity contribution is 6.03. The van der Waals surface area contributed by atoms with Crippen LogP contribution in [0.5, 0.6) is 0 Å². The molecule has 1 N–H and O–H groups in total. The van der Waals surface area contributed by atoms with Crippen LogP contribution in [0.3, 0.4) is 0 Å². The van der Waals surface area contributed by atoms with Crippen molar-refractivity contribution < 1.29 is 24.2 Å². The Morgan fingerprint density at radius 2 is 1.78 bits per heavy atom. The van der Waals surface area contributed by atoms with E-state index in [-0.39, 0.29) is 30.4 Å². The summed E-state index contributed by atoms with van der Waals surface area (Å²) in [4.78, 5) is 48.8. The van der Waals surface area contributed by atoms with Crippen molar-refractivity contribution in [2.75, 3.05) is 24.6 Å². The second kappa shape index (κ2) is 11.7. The van der Waals surface area contributed by atoms with Crippen molar-refractivity contribution in [3.8, 4) is 0 Å². The van der Waals surface area contributed by atoms with Crippen molar-refractivity contribution in [3.63, 3.8) is 0 Å². The quantitative estimate of drug-likeness (QED) is 0.410. The van der Waals surface area contributed by atoms with E-state index < -0.39 is 35.1 Å². The lowest BCUT2D eigenvalue weighted by Crippen LogP contribution is -2.60. The van der Waals surface area contributed by atoms with Gasteiger partial charge in [0, 0.05) is 24.8 Å². The van der Waals surface area contributed by atoms with Crippen LogP contribution in [0.15, 0.2) is 55.6 Å². The molecule has 0 radical (unpaired) electrons. The number of fused-ring (bicyclic) bond motifs is 1. The molecule has 4 aliphatic rings. The van der Waals surface area contributed by atoms with Gasteiger partial charge < -0.3 is 24.5 Å². The zero-order valence-corrected chi connectivity index (χ0v) is 24.5. The Kier molecular flexibility index (Phi) is 8.44. The molecular weight excluding hydrogens is 518 g/mol. The summed E-state index contributed by atoms with van der Waals surface area (Å²) in [5.41, 5.74) is -1.29. The van der Waals surface area contributed by atoms with Crippen LogP contribution in [0.25, 0.3) is 0 Å². The molecule has 41 heavy (non-hydrogen) atoms. The van der Waals surface area contributed by atoms with Gasteiger partial charge in [0.05, 0.1) is 30.1 Å². The third-order valence-electron chi connectivity index (χ3n) is 10.1. The van der Waals surface area contributed by atoms with E-state index in [1.165, 1.54) is 0 Å². The van der Waals surface area contributed by atoms with Gasteiger partial charge >= 0.3 is 0 Å². The molecule has 3 aliphatic heterocycles. The smallest absolute Gasteiger partial charge is 0.248 e. The van der Waals surface area contributed by atoms with Gasteiger partial charge in [-0.3, -0.25) is 14.4 Å². The highest BCUT2D eigenvalue weighted by atomic mass is 16.5. The second-order valence-corrected chi connectivity index (χ2v) is 12.4. The van der Waals surface area contributed by atoms with Crippen molar-refractivity contribution in [1.29, 1.82) is 0 Å². The van der Waals surface area contributed by atoms with Gasteiger partial charge in [-0.2, -0.15) is 0 Å². The largest absolute Gasteiger partial charge is 0.394 e. The van der Waals surface area contributed by atoms with E-state index in [1.807, 2.05) is 49.1 Å². The van der Waals surface area contributed by atoms with Gasteiger partial charge in [-0.1, -0.05) is 56.5 Å². The first kappa shape index (κ1) is 29.5. The van der Waals surface area contributed by atoms with Gasteiger partial charge in [-0.25, -0.2) is 0 Å². The van der Waals surface area contributed by atoms with Gasteiger partial charge in [-0.15, -0.1) is 13.2 Å². The average Bonchev–Trinajstić information content (AvgIpc) is 3.56. The highest BCUT2D eigenvalue weighted by Gasteiger charge is 2.79. The Morgan fingerprint density at radius 1 is 1.10 bits per heavy atom. The molecule has 2 bridgehead atoms. The molecule has 8 nitrogen and oxygen atoms in total. The molecule has 1 aromatic rings. The molecule has 2 unspecified atom stereocenters. The van der Waals surface area contributed by atoms with Gasteiger partial charge in [-0.05, 0) is 51.2 Å². The molecule has 1 aromatic carbocycles. The lowest BCUT2D eigenvalue weighted by atomic mass is 9.66. The Balaban J connectivity index is 1.59. The lowest BCUT2D eigenvalue weighted by molar-refractivity contribution is -0.156. The molecule has 3 heterocycles. The topological polar surface area (TPSA) is 90.4 Å². The zero-order chi connectivity index (χ0) is 29.4. The van der Waals surface area contributed by atoms with E-state index in [9.17, 15) is 19.5 Å². The number of aliphatic hydroxyl groups excluding tert-OH is 1. The van der Waals surface area contributed by atoms with Crippen LogP contribution < -0.4 is 4.90 Å². The first-order chi connectivity index (χ1) is 19.8.